The van der Waals surface area contributed by atoms with Gasteiger partial charge in [-0.2, -0.15) is 0 Å². The number of amides is 2. The summed E-state index contributed by atoms with van der Waals surface area (Å²) in [6.07, 6.45) is 0.413. The molecule has 2 amide bonds. The topological polar surface area (TPSA) is 105 Å². The Balaban J connectivity index is 1.13. The SMILES string of the molecule is CC(CNC(=O)OCC1c2ccccc2-c2ccccc21)CC(=O)N1C(C(=O)O)C[C@H]2OCC[C@H]21. The van der Waals surface area contributed by atoms with E-state index >= 15 is 0 Å². The summed E-state index contributed by atoms with van der Waals surface area (Å²) < 4.78 is 11.2. The number of aliphatic carboxylic acids is 1. The summed E-state index contributed by atoms with van der Waals surface area (Å²) in [5, 5.41) is 12.3. The van der Waals surface area contributed by atoms with Gasteiger partial charge in [0.2, 0.25) is 5.91 Å². The van der Waals surface area contributed by atoms with Crippen LogP contribution in [0.4, 0.5) is 4.79 Å². The van der Waals surface area contributed by atoms with Crippen LogP contribution in [-0.2, 0) is 19.1 Å². The van der Waals surface area contributed by atoms with Crippen LogP contribution in [0.1, 0.15) is 43.2 Å². The molecule has 2 unspecified atom stereocenters. The fourth-order valence-corrected chi connectivity index (χ4v) is 5.71. The highest BCUT2D eigenvalue weighted by molar-refractivity contribution is 5.85. The molecule has 2 N–H and O–H groups in total. The molecule has 184 valence electrons. The van der Waals surface area contributed by atoms with Gasteiger partial charge in [-0.15, -0.1) is 0 Å². The van der Waals surface area contributed by atoms with E-state index in [2.05, 4.69) is 29.6 Å². The Morgan fingerprint density at radius 1 is 1.11 bits per heavy atom. The van der Waals surface area contributed by atoms with Gasteiger partial charge in [0, 0.05) is 31.9 Å². The molecular weight excluding hydrogens is 448 g/mol. The molecule has 0 aromatic heterocycles. The molecule has 8 nitrogen and oxygen atoms in total. The lowest BCUT2D eigenvalue weighted by Gasteiger charge is -2.28. The Bertz CT molecular complexity index is 1090. The number of likely N-dealkylation sites (tertiary alicyclic amines) is 1. The van der Waals surface area contributed by atoms with E-state index in [0.29, 0.717) is 19.4 Å². The van der Waals surface area contributed by atoms with Gasteiger partial charge in [-0.3, -0.25) is 4.79 Å². The minimum atomic E-state index is -0.999. The van der Waals surface area contributed by atoms with Gasteiger partial charge < -0.3 is 24.8 Å². The van der Waals surface area contributed by atoms with E-state index in [1.54, 1.807) is 0 Å². The highest BCUT2D eigenvalue weighted by atomic mass is 16.5. The lowest BCUT2D eigenvalue weighted by molar-refractivity contribution is -0.150. The van der Waals surface area contributed by atoms with Crippen molar-refractivity contribution in [3.05, 3.63) is 59.7 Å². The summed E-state index contributed by atoms with van der Waals surface area (Å²) >= 11 is 0. The fraction of sp³-hybridized carbons (Fsp3) is 0.444. The smallest absolute Gasteiger partial charge is 0.407 e. The number of carbonyl (C=O) groups excluding carboxylic acids is 2. The third-order valence-corrected chi connectivity index (χ3v) is 7.36. The lowest BCUT2D eigenvalue weighted by Crippen LogP contribution is -2.46. The average Bonchev–Trinajstić information content (AvgIpc) is 3.53. The Morgan fingerprint density at radius 2 is 1.77 bits per heavy atom. The number of fused-ring (bicyclic) bond motifs is 4. The summed E-state index contributed by atoms with van der Waals surface area (Å²) in [6.45, 7) is 2.89. The number of alkyl carbamates (subject to hydrolysis) is 1. The standard InChI is InChI=1S/C27H30N2O6/c1-16(12-25(30)29-22-10-11-34-24(22)13-23(29)26(31)32)14-28-27(33)35-15-21-19-8-4-2-6-17(19)18-7-3-5-9-20(18)21/h2-9,16,21-24H,10-15H2,1H3,(H,28,33)(H,31,32)/t16?,22-,23?,24-/m1/s1. The molecule has 35 heavy (non-hydrogen) atoms. The largest absolute Gasteiger partial charge is 0.480 e. The maximum absolute atomic E-state index is 13.0. The second kappa shape index (κ2) is 9.70. The second-order valence-corrected chi connectivity index (χ2v) is 9.67. The van der Waals surface area contributed by atoms with Gasteiger partial charge in [0.15, 0.2) is 0 Å². The number of benzene rings is 2. The van der Waals surface area contributed by atoms with Gasteiger partial charge in [-0.1, -0.05) is 55.5 Å². The first-order valence-corrected chi connectivity index (χ1v) is 12.2. The number of nitrogens with one attached hydrogen (secondary N) is 1. The Hall–Kier alpha value is -3.39. The predicted molar refractivity (Wildman–Crippen MR) is 128 cm³/mol. The van der Waals surface area contributed by atoms with Gasteiger partial charge >= 0.3 is 12.1 Å². The number of hydrogen-bond donors (Lipinski definition) is 2. The molecular formula is C27H30N2O6. The summed E-state index contributed by atoms with van der Waals surface area (Å²) in [7, 11) is 0. The molecule has 2 aliphatic heterocycles. The first-order chi connectivity index (χ1) is 16.9. The van der Waals surface area contributed by atoms with Crippen molar-refractivity contribution < 1.29 is 29.0 Å². The molecule has 5 rings (SSSR count). The highest BCUT2D eigenvalue weighted by Crippen LogP contribution is 2.44. The molecule has 2 heterocycles. The minimum absolute atomic E-state index is 0.0168. The number of nitrogens with zero attached hydrogens (tertiary/aromatic N) is 1. The van der Waals surface area contributed by atoms with Crippen LogP contribution in [0, 0.1) is 5.92 Å². The third-order valence-electron chi connectivity index (χ3n) is 7.36. The van der Waals surface area contributed by atoms with Crippen molar-refractivity contribution in [1.82, 2.24) is 10.2 Å². The van der Waals surface area contributed by atoms with Crippen molar-refractivity contribution in [2.24, 2.45) is 5.92 Å². The van der Waals surface area contributed by atoms with Crippen LogP contribution in [0.25, 0.3) is 11.1 Å². The molecule has 8 heteroatoms. The molecule has 2 aromatic rings. The maximum atomic E-state index is 13.0. The molecule has 4 atom stereocenters. The van der Waals surface area contributed by atoms with Crippen LogP contribution in [0.15, 0.2) is 48.5 Å². The number of carboxylic acids is 1. The van der Waals surface area contributed by atoms with E-state index in [1.165, 1.54) is 16.0 Å². The van der Waals surface area contributed by atoms with Gasteiger partial charge in [0.05, 0.1) is 12.1 Å². The number of rotatable bonds is 7. The molecule has 0 saturated carbocycles. The van der Waals surface area contributed by atoms with Gasteiger partial charge in [-0.05, 0) is 34.6 Å². The van der Waals surface area contributed by atoms with Crippen molar-refractivity contribution in [3.63, 3.8) is 0 Å². The first-order valence-electron chi connectivity index (χ1n) is 12.2. The summed E-state index contributed by atoms with van der Waals surface area (Å²) in [5.74, 6) is -1.39. The lowest BCUT2D eigenvalue weighted by atomic mass is 9.98. The molecule has 2 saturated heterocycles. The van der Waals surface area contributed by atoms with Gasteiger partial charge in [0.25, 0.3) is 0 Å². The average molecular weight is 479 g/mol. The molecule has 0 radical (unpaired) electrons. The number of carbonyl (C=O) groups is 3. The number of ether oxygens (including phenoxy) is 2. The van der Waals surface area contributed by atoms with E-state index in [-0.39, 0.29) is 49.5 Å². The van der Waals surface area contributed by atoms with Gasteiger partial charge in [-0.25, -0.2) is 9.59 Å². The molecule has 3 aliphatic rings. The van der Waals surface area contributed by atoms with Crippen molar-refractivity contribution in [1.29, 1.82) is 0 Å². The van der Waals surface area contributed by atoms with Crippen LogP contribution < -0.4 is 5.32 Å². The normalized spacial score (nSPS) is 23.3. The molecule has 2 fully saturated rings. The monoisotopic (exact) mass is 478 g/mol. The third kappa shape index (κ3) is 4.50. The molecule has 2 aromatic carbocycles. The van der Waals surface area contributed by atoms with Crippen molar-refractivity contribution in [3.8, 4) is 11.1 Å². The Kier molecular flexibility index (Phi) is 6.47. The summed E-state index contributed by atoms with van der Waals surface area (Å²) in [5.41, 5.74) is 4.63. The van der Waals surface area contributed by atoms with Crippen LogP contribution >= 0.6 is 0 Å². The number of hydrogen-bond acceptors (Lipinski definition) is 5. The Morgan fingerprint density at radius 3 is 2.43 bits per heavy atom. The van der Waals surface area contributed by atoms with Crippen LogP contribution in [0.5, 0.6) is 0 Å². The van der Waals surface area contributed by atoms with Crippen LogP contribution in [0.2, 0.25) is 0 Å². The van der Waals surface area contributed by atoms with E-state index in [9.17, 15) is 19.5 Å². The summed E-state index contributed by atoms with van der Waals surface area (Å²) in [4.78, 5) is 38.5. The van der Waals surface area contributed by atoms with E-state index in [1.807, 2.05) is 31.2 Å². The van der Waals surface area contributed by atoms with E-state index in [0.717, 1.165) is 11.1 Å². The first kappa shape index (κ1) is 23.4. The zero-order valence-electron chi connectivity index (χ0n) is 19.7. The molecule has 0 spiro atoms. The molecule has 0 bridgehead atoms. The van der Waals surface area contributed by atoms with E-state index < -0.39 is 18.1 Å². The van der Waals surface area contributed by atoms with Crippen molar-refractivity contribution in [2.45, 2.75) is 50.3 Å². The van der Waals surface area contributed by atoms with Gasteiger partial charge in [0.1, 0.15) is 12.6 Å². The molecule has 1 aliphatic carbocycles. The fourth-order valence-electron chi connectivity index (χ4n) is 5.71. The van der Waals surface area contributed by atoms with E-state index in [4.69, 9.17) is 9.47 Å². The van der Waals surface area contributed by atoms with Crippen LogP contribution in [0.3, 0.4) is 0 Å². The predicted octanol–water partition coefficient (Wildman–Crippen LogP) is 3.39. The maximum Gasteiger partial charge on any atom is 0.407 e. The zero-order chi connectivity index (χ0) is 24.5. The van der Waals surface area contributed by atoms with Crippen LogP contribution in [-0.4, -0.2) is 65.9 Å². The summed E-state index contributed by atoms with van der Waals surface area (Å²) in [6, 6.07) is 15.3. The minimum Gasteiger partial charge on any atom is -0.480 e. The second-order valence-electron chi connectivity index (χ2n) is 9.67. The zero-order valence-corrected chi connectivity index (χ0v) is 19.7. The van der Waals surface area contributed by atoms with Crippen molar-refractivity contribution >= 4 is 18.0 Å². The quantitative estimate of drug-likeness (QED) is 0.632. The Labute approximate surface area is 204 Å². The highest BCUT2D eigenvalue weighted by Gasteiger charge is 2.49. The van der Waals surface area contributed by atoms with Crippen molar-refractivity contribution in [2.75, 3.05) is 19.8 Å². The number of carboxylic acid groups (broad SMARTS) is 1.